The summed E-state index contributed by atoms with van der Waals surface area (Å²) in [6, 6.07) is 7.99. The third-order valence-electron chi connectivity index (χ3n) is 6.20. The summed E-state index contributed by atoms with van der Waals surface area (Å²) in [5.74, 6) is -0.529. The highest BCUT2D eigenvalue weighted by Gasteiger charge is 2.58. The minimum atomic E-state index is -0.799. The molecule has 0 aliphatic carbocycles. The number of primary amides is 1. The van der Waals surface area contributed by atoms with E-state index in [2.05, 4.69) is 9.80 Å². The van der Waals surface area contributed by atoms with Crippen LogP contribution in [0.1, 0.15) is 18.4 Å². The molecule has 0 aromatic heterocycles. The SMILES string of the molecule is CN1C[C@@](C(=O)C(N)=O)(C2CN3CCC2CC3)c2ccccc21.Cl. The van der Waals surface area contributed by atoms with Gasteiger partial charge in [0.2, 0.25) is 5.78 Å². The highest BCUT2D eigenvalue weighted by Crippen LogP contribution is 2.51. The summed E-state index contributed by atoms with van der Waals surface area (Å²) >= 11 is 0. The lowest BCUT2D eigenvalue weighted by Crippen LogP contribution is -2.60. The third kappa shape index (κ3) is 2.25. The van der Waals surface area contributed by atoms with E-state index in [4.69, 9.17) is 5.73 Å². The van der Waals surface area contributed by atoms with Gasteiger partial charge in [-0.25, -0.2) is 0 Å². The number of halogens is 1. The van der Waals surface area contributed by atoms with Gasteiger partial charge in [-0.3, -0.25) is 9.59 Å². The van der Waals surface area contributed by atoms with Gasteiger partial charge >= 0.3 is 0 Å². The van der Waals surface area contributed by atoms with Crippen LogP contribution in [-0.2, 0) is 15.0 Å². The average molecular weight is 350 g/mol. The summed E-state index contributed by atoms with van der Waals surface area (Å²) in [5, 5.41) is 0. The predicted octanol–water partition coefficient (Wildman–Crippen LogP) is 1.19. The number of carbonyl (C=O) groups excluding carboxylic acids is 2. The zero-order valence-corrected chi connectivity index (χ0v) is 14.7. The highest BCUT2D eigenvalue weighted by molar-refractivity contribution is 6.39. The van der Waals surface area contributed by atoms with Gasteiger partial charge in [-0.2, -0.15) is 0 Å². The zero-order valence-electron chi connectivity index (χ0n) is 13.9. The first-order valence-corrected chi connectivity index (χ1v) is 8.41. The first-order valence-electron chi connectivity index (χ1n) is 8.41. The molecule has 6 heteroatoms. The lowest BCUT2D eigenvalue weighted by Gasteiger charge is -2.51. The van der Waals surface area contributed by atoms with Crippen LogP contribution in [0, 0.1) is 11.8 Å². The van der Waals surface area contributed by atoms with Gasteiger partial charge in [-0.15, -0.1) is 12.4 Å². The van der Waals surface area contributed by atoms with Crippen molar-refractivity contribution in [2.24, 2.45) is 17.6 Å². The van der Waals surface area contributed by atoms with Crippen LogP contribution < -0.4 is 10.6 Å². The van der Waals surface area contributed by atoms with Crippen molar-refractivity contribution >= 4 is 29.8 Å². The Kier molecular flexibility index (Phi) is 4.34. The Morgan fingerprint density at radius 2 is 1.88 bits per heavy atom. The van der Waals surface area contributed by atoms with E-state index in [9.17, 15) is 9.59 Å². The molecule has 4 aliphatic heterocycles. The van der Waals surface area contributed by atoms with Crippen molar-refractivity contribution in [2.75, 3.05) is 38.1 Å². The maximum Gasteiger partial charge on any atom is 0.285 e. The smallest absolute Gasteiger partial charge is 0.285 e. The molecule has 2 atom stereocenters. The molecule has 0 spiro atoms. The lowest BCUT2D eigenvalue weighted by molar-refractivity contribution is -0.142. The number of benzene rings is 1. The summed E-state index contributed by atoms with van der Waals surface area (Å²) in [5.41, 5.74) is 6.76. The lowest BCUT2D eigenvalue weighted by atomic mass is 9.60. The van der Waals surface area contributed by atoms with Crippen LogP contribution in [0.15, 0.2) is 24.3 Å². The summed E-state index contributed by atoms with van der Waals surface area (Å²) in [6.07, 6.45) is 2.23. The van der Waals surface area contributed by atoms with E-state index in [-0.39, 0.29) is 18.3 Å². The number of piperidine rings is 3. The Bertz CT molecular complexity index is 672. The Balaban J connectivity index is 0.00000169. The fourth-order valence-electron chi connectivity index (χ4n) is 5.15. The topological polar surface area (TPSA) is 66.6 Å². The van der Waals surface area contributed by atoms with Crippen molar-refractivity contribution in [1.29, 1.82) is 0 Å². The first-order chi connectivity index (χ1) is 11.0. The van der Waals surface area contributed by atoms with Crippen molar-refractivity contribution in [3.05, 3.63) is 29.8 Å². The molecule has 3 saturated heterocycles. The number of rotatable bonds is 3. The van der Waals surface area contributed by atoms with E-state index in [0.717, 1.165) is 43.7 Å². The number of Topliss-reactive ketones (excluding diaryl/α,β-unsaturated/α-hetero) is 1. The van der Waals surface area contributed by atoms with E-state index in [1.807, 2.05) is 31.3 Å². The number of anilines is 1. The van der Waals surface area contributed by atoms with E-state index >= 15 is 0 Å². The summed E-state index contributed by atoms with van der Waals surface area (Å²) in [6.45, 7) is 3.67. The largest absolute Gasteiger partial charge is 0.373 e. The number of carbonyl (C=O) groups is 2. The van der Waals surface area contributed by atoms with Crippen molar-refractivity contribution in [3.8, 4) is 0 Å². The molecule has 1 amide bonds. The molecule has 130 valence electrons. The van der Waals surface area contributed by atoms with Gasteiger partial charge in [-0.1, -0.05) is 18.2 Å². The standard InChI is InChI=1S/C18H23N3O2.ClH/c1-20-11-18(16(22)17(19)23,13-4-2-3-5-15(13)20)14-10-21-8-6-12(14)7-9-21;/h2-5,12,14H,6-11H2,1H3,(H2,19,23);1H/t14?,18-;/m0./s1. The molecule has 2 N–H and O–H groups in total. The molecular weight excluding hydrogens is 326 g/mol. The minimum Gasteiger partial charge on any atom is -0.373 e. The van der Waals surface area contributed by atoms with Gasteiger partial charge in [0.15, 0.2) is 0 Å². The first kappa shape index (κ1) is 17.2. The molecule has 4 aliphatic rings. The number of fused-ring (bicyclic) bond motifs is 4. The van der Waals surface area contributed by atoms with Crippen LogP contribution in [0.2, 0.25) is 0 Å². The van der Waals surface area contributed by atoms with Gasteiger partial charge in [0.1, 0.15) is 0 Å². The molecule has 1 aromatic carbocycles. The molecule has 1 aromatic rings. The Labute approximate surface area is 148 Å². The van der Waals surface area contributed by atoms with Crippen LogP contribution in [0.3, 0.4) is 0 Å². The Morgan fingerprint density at radius 3 is 2.46 bits per heavy atom. The quantitative estimate of drug-likeness (QED) is 0.832. The number of nitrogens with two attached hydrogens (primary N) is 1. The van der Waals surface area contributed by atoms with E-state index < -0.39 is 17.1 Å². The second-order valence-corrected chi connectivity index (χ2v) is 7.28. The molecule has 5 rings (SSSR count). The minimum absolute atomic E-state index is 0. The van der Waals surface area contributed by atoms with Gasteiger partial charge in [-0.05, 0) is 49.4 Å². The highest BCUT2D eigenvalue weighted by atomic mass is 35.5. The Hall–Kier alpha value is -1.59. The number of amides is 1. The number of hydrogen-bond donors (Lipinski definition) is 1. The van der Waals surface area contributed by atoms with Gasteiger partial charge in [0, 0.05) is 25.8 Å². The van der Waals surface area contributed by atoms with E-state index in [1.54, 1.807) is 0 Å². The second kappa shape index (κ2) is 6.05. The van der Waals surface area contributed by atoms with Crippen molar-refractivity contribution in [3.63, 3.8) is 0 Å². The van der Waals surface area contributed by atoms with E-state index in [1.165, 1.54) is 0 Å². The second-order valence-electron chi connectivity index (χ2n) is 7.28. The third-order valence-corrected chi connectivity index (χ3v) is 6.20. The molecule has 1 unspecified atom stereocenters. The van der Waals surface area contributed by atoms with Crippen LogP contribution in [0.5, 0.6) is 0 Å². The van der Waals surface area contributed by atoms with Crippen molar-refractivity contribution < 1.29 is 9.59 Å². The average Bonchev–Trinajstić information content (AvgIpc) is 2.89. The molecule has 2 bridgehead atoms. The molecule has 4 heterocycles. The van der Waals surface area contributed by atoms with Crippen molar-refractivity contribution in [2.45, 2.75) is 18.3 Å². The molecule has 3 fully saturated rings. The predicted molar refractivity (Wildman–Crippen MR) is 95.5 cm³/mol. The summed E-state index contributed by atoms with van der Waals surface area (Å²) in [7, 11) is 2.00. The molecule has 0 radical (unpaired) electrons. The molecule has 24 heavy (non-hydrogen) atoms. The van der Waals surface area contributed by atoms with Crippen LogP contribution in [0.25, 0.3) is 0 Å². The van der Waals surface area contributed by atoms with Gasteiger partial charge in [0.25, 0.3) is 5.91 Å². The summed E-state index contributed by atoms with van der Waals surface area (Å²) < 4.78 is 0. The maximum atomic E-state index is 13.0. The molecule has 5 nitrogen and oxygen atoms in total. The normalized spacial score (nSPS) is 33.7. The zero-order chi connectivity index (χ0) is 16.2. The number of nitrogens with zero attached hydrogens (tertiary/aromatic N) is 2. The van der Waals surface area contributed by atoms with Crippen LogP contribution in [-0.4, -0.2) is 49.8 Å². The van der Waals surface area contributed by atoms with Gasteiger partial charge in [0.05, 0.1) is 5.41 Å². The van der Waals surface area contributed by atoms with Crippen LogP contribution >= 0.6 is 12.4 Å². The Morgan fingerprint density at radius 1 is 1.21 bits per heavy atom. The number of hydrogen-bond acceptors (Lipinski definition) is 4. The molecule has 0 saturated carbocycles. The fourth-order valence-corrected chi connectivity index (χ4v) is 5.15. The van der Waals surface area contributed by atoms with Crippen LogP contribution in [0.4, 0.5) is 5.69 Å². The maximum absolute atomic E-state index is 13.0. The molecular formula is C18H24ClN3O2. The fraction of sp³-hybridized carbons (Fsp3) is 0.556. The monoisotopic (exact) mass is 349 g/mol. The van der Waals surface area contributed by atoms with Crippen molar-refractivity contribution in [1.82, 2.24) is 4.90 Å². The van der Waals surface area contributed by atoms with Gasteiger partial charge < -0.3 is 15.5 Å². The number of likely N-dealkylation sites (N-methyl/N-ethyl adjacent to an activating group) is 1. The summed E-state index contributed by atoms with van der Waals surface area (Å²) in [4.78, 5) is 29.5. The number of para-hydroxylation sites is 1. The van der Waals surface area contributed by atoms with E-state index in [0.29, 0.717) is 12.5 Å². The number of ketones is 1.